The summed E-state index contributed by atoms with van der Waals surface area (Å²) in [5.74, 6) is -6.12. The van der Waals surface area contributed by atoms with Gasteiger partial charge in [-0.25, -0.2) is 87.4 Å². The molecule has 1 saturated heterocycles. The zero-order valence-corrected chi connectivity index (χ0v) is 86.0. The van der Waals surface area contributed by atoms with Crippen LogP contribution in [0.4, 0.5) is 63.2 Å². The minimum atomic E-state index is -4.02. The van der Waals surface area contributed by atoms with Gasteiger partial charge in [-0.15, -0.1) is 68.0 Å². The van der Waals surface area contributed by atoms with Crippen LogP contribution in [0.3, 0.4) is 0 Å². The molecule has 19 nitrogen and oxygen atoms in total. The van der Waals surface area contributed by atoms with E-state index in [9.17, 15) is 65.9 Å². The first kappa shape index (κ1) is 110. The lowest BCUT2D eigenvalue weighted by atomic mass is 9.78. The van der Waals surface area contributed by atoms with Crippen LogP contribution >= 0.6 is 144 Å². The fourth-order valence-electron chi connectivity index (χ4n) is 11.0. The van der Waals surface area contributed by atoms with Crippen LogP contribution in [0.2, 0.25) is 0 Å². The molecule has 1 amide bonds. The topological polar surface area (TPSA) is 279 Å². The number of fused-ring (bicyclic) bond motifs is 6. The van der Waals surface area contributed by atoms with Gasteiger partial charge in [0.1, 0.15) is 24.6 Å². The van der Waals surface area contributed by atoms with E-state index in [1.54, 1.807) is 90.1 Å². The van der Waals surface area contributed by atoms with Gasteiger partial charge >= 0.3 is 13.2 Å². The highest BCUT2D eigenvalue weighted by molar-refractivity contribution is 9.11. The number of nitrogens with two attached hydrogens (primary N) is 2. The molecule has 708 valence electrons. The summed E-state index contributed by atoms with van der Waals surface area (Å²) in [5, 5.41) is 16.4. The van der Waals surface area contributed by atoms with Crippen molar-refractivity contribution in [2.75, 3.05) is 32.0 Å². The molecule has 0 aliphatic carbocycles. The van der Waals surface area contributed by atoms with Crippen LogP contribution in [0.1, 0.15) is 96.6 Å². The number of amides is 1. The summed E-state index contributed by atoms with van der Waals surface area (Å²) < 4.78 is 221. The van der Waals surface area contributed by atoms with Gasteiger partial charge in [-0.1, -0.05) is 42.0 Å². The van der Waals surface area contributed by atoms with Gasteiger partial charge in [0.05, 0.1) is 144 Å². The van der Waals surface area contributed by atoms with E-state index in [4.69, 9.17) is 56.9 Å². The third kappa shape index (κ3) is 30.4. The predicted molar refractivity (Wildman–Crippen MR) is 527 cm³/mol. The van der Waals surface area contributed by atoms with Crippen molar-refractivity contribution in [1.82, 2.24) is 35.2 Å². The number of phenols is 1. The molecule has 0 atom stereocenters. The molecule has 16 rings (SSSR count). The van der Waals surface area contributed by atoms with E-state index in [1.165, 1.54) is 123 Å². The number of hydrogen-bond acceptors (Lipinski definition) is 24. The molecule has 0 spiro atoms. The maximum absolute atomic E-state index is 14.6. The van der Waals surface area contributed by atoms with E-state index in [0.717, 1.165) is 46.6 Å². The number of aromatic nitrogens is 6. The van der Waals surface area contributed by atoms with Gasteiger partial charge < -0.3 is 45.4 Å². The number of anilines is 1. The molecule has 133 heavy (non-hydrogen) atoms. The van der Waals surface area contributed by atoms with Crippen molar-refractivity contribution in [1.29, 1.82) is 0 Å². The van der Waals surface area contributed by atoms with Gasteiger partial charge in [-0.3, -0.25) is 4.55 Å². The van der Waals surface area contributed by atoms with Crippen LogP contribution in [-0.2, 0) is 30.6 Å². The molecule has 7 heterocycles. The summed E-state index contributed by atoms with van der Waals surface area (Å²) in [6, 6.07) is 31.3. The lowest BCUT2D eigenvalue weighted by Crippen LogP contribution is -2.41. The number of phenolic OH excluding ortho intramolecular Hbond substituents is 1. The number of carbonyl (C=O) groups excluding carboxylic acids is 1. The largest absolute Gasteiger partial charge is 0.505 e. The smallest absolute Gasteiger partial charge is 0.497 e. The minimum Gasteiger partial charge on any atom is -0.505 e. The quantitative estimate of drug-likeness (QED) is 0.0179. The van der Waals surface area contributed by atoms with E-state index < -0.39 is 80.9 Å². The number of ether oxygens (including phenoxy) is 3. The second kappa shape index (κ2) is 48.3. The monoisotopic (exact) mass is 2250 g/mol. The molecule has 9 aromatic carbocycles. The summed E-state index contributed by atoms with van der Waals surface area (Å²) in [6.07, 6.45) is 0.336. The second-order valence-corrected chi connectivity index (χ2v) is 43.1. The van der Waals surface area contributed by atoms with Crippen molar-refractivity contribution < 1.29 is 99.1 Å². The molecule has 1 aliphatic rings. The van der Waals surface area contributed by atoms with Crippen molar-refractivity contribution >= 4 is 245 Å². The van der Waals surface area contributed by atoms with Crippen LogP contribution in [0.25, 0.3) is 61.3 Å². The van der Waals surface area contributed by atoms with Crippen LogP contribution in [0.15, 0.2) is 168 Å². The number of hydrogen-bond donors (Lipinski definition) is 5. The molecular weight excluding hydrogens is 2170 g/mol. The Labute approximate surface area is 820 Å². The van der Waals surface area contributed by atoms with E-state index in [1.807, 2.05) is 80.5 Å². The Kier molecular flexibility index (Phi) is 39.8. The van der Waals surface area contributed by atoms with Gasteiger partial charge in [0.25, 0.3) is 10.1 Å². The Hall–Kier alpha value is -8.71. The summed E-state index contributed by atoms with van der Waals surface area (Å²) in [4.78, 5) is 37.2. The summed E-state index contributed by atoms with van der Waals surface area (Å²) in [6.45, 7) is 27.2. The Morgan fingerprint density at radius 1 is 0.496 bits per heavy atom. The van der Waals surface area contributed by atoms with Gasteiger partial charge in [0, 0.05) is 36.1 Å². The molecule has 7 N–H and O–H groups in total. The van der Waals surface area contributed by atoms with E-state index in [-0.39, 0.29) is 91.7 Å². The van der Waals surface area contributed by atoms with Crippen LogP contribution in [0, 0.1) is 107 Å². The number of halogens is 16. The third-order valence-electron chi connectivity index (χ3n) is 18.2. The Balaban J connectivity index is 0.000000187. The Morgan fingerprint density at radius 3 is 1.23 bits per heavy atom. The summed E-state index contributed by atoms with van der Waals surface area (Å²) in [5.41, 5.74) is 14.6. The third-order valence-corrected chi connectivity index (χ3v) is 27.5. The highest BCUT2D eigenvalue weighted by atomic mass is 79.9. The number of aryl methyl sites for hydroxylation is 7. The average Bonchev–Trinajstić information content (AvgIpc) is 1.60. The molecule has 0 saturated carbocycles. The number of carbonyl (C=O) groups is 1. The lowest BCUT2D eigenvalue weighted by Gasteiger charge is -2.32. The molecule has 6 aromatic heterocycles. The van der Waals surface area contributed by atoms with Crippen LogP contribution in [-0.4, -0.2) is 109 Å². The van der Waals surface area contributed by atoms with E-state index >= 15 is 0 Å². The van der Waals surface area contributed by atoms with E-state index in [2.05, 4.69) is 98.9 Å². The first-order chi connectivity index (χ1) is 62.2. The van der Waals surface area contributed by atoms with Crippen molar-refractivity contribution in [3.05, 3.63) is 262 Å². The minimum absolute atomic E-state index is 0.00719. The molecule has 15 aromatic rings. The van der Waals surface area contributed by atoms with Crippen LogP contribution in [0.5, 0.6) is 17.2 Å². The molecule has 1 fully saturated rings. The zero-order chi connectivity index (χ0) is 98.8. The predicted octanol–water partition coefficient (Wildman–Crippen LogP) is 27.2. The van der Waals surface area contributed by atoms with Crippen LogP contribution < -0.4 is 31.7 Å². The van der Waals surface area contributed by atoms with Gasteiger partial charge in [0.15, 0.2) is 69.6 Å². The summed E-state index contributed by atoms with van der Waals surface area (Å²) in [7, 11) is -4.69. The first-order valence-electron chi connectivity index (χ1n) is 39.0. The fraction of sp³-hybridized carbons (Fsp3) is 0.258. The maximum Gasteiger partial charge on any atom is 0.497 e. The number of nitrogen functional groups attached to an aromatic ring is 1. The molecule has 0 unspecified atom stereocenters. The number of nitrogens with zero attached hydrogens (tertiary/aromatic N) is 6. The maximum atomic E-state index is 14.6. The number of benzene rings is 9. The van der Waals surface area contributed by atoms with Gasteiger partial charge in [-0.2, -0.15) is 8.42 Å². The number of alkyl carbamates (subject to hydrolysis) is 1. The Morgan fingerprint density at radius 2 is 0.842 bits per heavy atom. The normalized spacial score (nSPS) is 12.7. The Bertz CT molecular complexity index is 6640. The second-order valence-electron chi connectivity index (χ2n) is 30.4. The number of thiazole rings is 6. The van der Waals surface area contributed by atoms with Crippen molar-refractivity contribution in [2.45, 2.75) is 132 Å². The molecular formula is C89H84BBr4F12N9O10S8. The number of nitrogens with one attached hydrogen (secondary N) is 1. The number of aromatic hydroxyl groups is 1. The average molecular weight is 2250 g/mol. The molecule has 0 radical (unpaired) electrons. The SMILES string of the molecule is CC(=S)Cc1ccc(Br)c(F)c1F.Cc1ccc(S(=O)(=O)O)cc1.Cc1nc2ccc(B3OC(C)(C)C(C)(C)O3)c(F)c2s1.Cc1nc2ccc(Br)c(F)c2s1.Cc1nc2ccc(Br)c(F)c2s1.Cc1nc2ccc(O)c(F)c2s1.Cc1nc2ccc(OC/C(=C\F)CN)c(F)c2s1.Cc1nc2ccc(OC/C(=C\F)CNC(=O)OC(C)(C)C)c(F)c2s1.Nc1ccc(Br)c(F)c1F. The standard InChI is InChI=1S/C17H20F2N2O3S.C14H17BFNO2S.C12H12F2N2OS.C9H7BrF2S.2C8H5BrFNS.C8H6FNOS.C7H8O3S.C6H4BrF2N/c1-10-21-12-5-6-13(14(19)15(12)25-10)23-9-11(7-18)8-20-16(22)24-17(2,3)4;1-8-17-10-7-6-9(11(16)12(10)20-8)15-18-13(2,3)14(4,5)19-15;1-7-16-9-2-3-10(11(14)12(9)18-7)17-6-8(4-13)5-15;1-5(13)4-6-2-3-7(10)9(12)8(6)11;2*1-4-11-6-3-2-5(9)7(10)8(6)12-4;1-4-10-5-2-3-6(11)7(9)8(5)12-4;1-6-2-4-7(5-3-6)11(8,9)10;7-3-1-2-4(10)6(9)5(3)8/h5-7H,8-9H2,1-4H3,(H,20,22);6-7H,1-5H3;2-4H,5-6,15H2,1H3;2-3H,4H2,1H3;2*2-3H,1H3;2-3,11H,1H3;2-5H,1H3,(H,8,9,10);1-2H,10H2/b11-7-;;8-4-;;;;;;. The highest BCUT2D eigenvalue weighted by Gasteiger charge is 2.52. The molecule has 1 aliphatic heterocycles. The first-order valence-corrected chi connectivity index (χ1v) is 48.9. The zero-order valence-electron chi connectivity index (χ0n) is 73.1. The lowest BCUT2D eigenvalue weighted by molar-refractivity contribution is 0.00578. The van der Waals surface area contributed by atoms with Crippen molar-refractivity contribution in [2.24, 2.45) is 5.73 Å². The van der Waals surface area contributed by atoms with Gasteiger partial charge in [-0.05, 0) is 275 Å². The number of thiocarbonyl (C=S) groups is 1. The van der Waals surface area contributed by atoms with Crippen molar-refractivity contribution in [3.63, 3.8) is 0 Å². The number of rotatable bonds is 13. The molecule has 44 heteroatoms. The van der Waals surface area contributed by atoms with Gasteiger partial charge in [0.2, 0.25) is 0 Å². The fourth-order valence-corrected chi connectivity index (χ4v) is 18.3. The van der Waals surface area contributed by atoms with E-state index in [0.29, 0.717) is 94.2 Å². The molecule has 0 bridgehead atoms. The van der Waals surface area contributed by atoms with Crippen molar-refractivity contribution in [3.8, 4) is 17.2 Å². The highest BCUT2D eigenvalue weighted by Crippen LogP contribution is 2.40. The summed E-state index contributed by atoms with van der Waals surface area (Å²) >= 11 is 24.6.